The molecule has 1 aromatic carbocycles. The zero-order chi connectivity index (χ0) is 17.5. The molecule has 2 N–H and O–H groups in total. The van der Waals surface area contributed by atoms with Gasteiger partial charge in [-0.2, -0.15) is 5.10 Å². The van der Waals surface area contributed by atoms with Gasteiger partial charge in [-0.05, 0) is 49.7 Å². The van der Waals surface area contributed by atoms with E-state index in [1.807, 2.05) is 13.0 Å². The highest BCUT2D eigenvalue weighted by molar-refractivity contribution is 6.30. The van der Waals surface area contributed by atoms with Gasteiger partial charge < -0.3 is 5.32 Å². The van der Waals surface area contributed by atoms with Crippen LogP contribution in [0.5, 0.6) is 0 Å². The average molecular weight is 345 g/mol. The molecule has 0 unspecified atom stereocenters. The minimum Gasteiger partial charge on any atom is -0.310 e. The van der Waals surface area contributed by atoms with E-state index in [4.69, 9.17) is 11.6 Å². The molecule has 2 amide bonds. The van der Waals surface area contributed by atoms with Gasteiger partial charge in [0.15, 0.2) is 0 Å². The van der Waals surface area contributed by atoms with Gasteiger partial charge in [-0.3, -0.25) is 9.59 Å². The first-order valence-corrected chi connectivity index (χ1v) is 7.63. The monoisotopic (exact) mass is 344 g/mol. The number of anilines is 1. The van der Waals surface area contributed by atoms with Crippen LogP contribution in [0.3, 0.4) is 0 Å². The number of hydrogen-bond acceptors (Lipinski definition) is 4. The van der Waals surface area contributed by atoms with Crippen LogP contribution in [-0.2, 0) is 4.79 Å². The van der Waals surface area contributed by atoms with Gasteiger partial charge in [-0.1, -0.05) is 17.7 Å². The van der Waals surface area contributed by atoms with E-state index in [0.29, 0.717) is 22.1 Å². The summed E-state index contributed by atoms with van der Waals surface area (Å²) >= 11 is 5.83. The third-order valence-corrected chi connectivity index (χ3v) is 3.27. The molecule has 0 atom stereocenters. The lowest BCUT2D eigenvalue weighted by Crippen LogP contribution is -2.21. The standard InChI is InChI=1S/C17H17ClN4O2/c1-11-6-7-19-15(8-11)20-16(23)9-12(2)21-22-17(24)13-4-3-5-14(18)10-13/h3-8,10H,9H2,1-2H3,(H,22,24)(H,19,20,23)/b21-12-. The van der Waals surface area contributed by atoms with Gasteiger partial charge in [0, 0.05) is 22.5 Å². The summed E-state index contributed by atoms with van der Waals surface area (Å²) in [7, 11) is 0. The molecule has 1 heterocycles. The van der Waals surface area contributed by atoms with Crippen molar-refractivity contribution in [2.75, 3.05) is 5.32 Å². The zero-order valence-corrected chi connectivity index (χ0v) is 14.1. The second kappa shape index (κ2) is 8.21. The number of aromatic nitrogens is 1. The maximum atomic E-state index is 11.9. The Labute approximate surface area is 144 Å². The Morgan fingerprint density at radius 3 is 2.75 bits per heavy atom. The number of carbonyl (C=O) groups excluding carboxylic acids is 2. The minimum atomic E-state index is -0.391. The van der Waals surface area contributed by atoms with Gasteiger partial charge in [-0.15, -0.1) is 0 Å². The molecular formula is C17H17ClN4O2. The maximum Gasteiger partial charge on any atom is 0.271 e. The number of nitrogens with one attached hydrogen (secondary N) is 2. The number of amides is 2. The number of hydrogen-bond donors (Lipinski definition) is 2. The van der Waals surface area contributed by atoms with E-state index in [-0.39, 0.29) is 12.3 Å². The molecule has 2 rings (SSSR count). The Morgan fingerprint density at radius 2 is 2.04 bits per heavy atom. The topological polar surface area (TPSA) is 83.4 Å². The summed E-state index contributed by atoms with van der Waals surface area (Å²) in [5, 5.41) is 7.07. The third kappa shape index (κ3) is 5.48. The van der Waals surface area contributed by atoms with E-state index in [2.05, 4.69) is 20.8 Å². The second-order valence-electron chi connectivity index (χ2n) is 5.24. The molecule has 0 saturated heterocycles. The van der Waals surface area contributed by atoms with Crippen LogP contribution in [0.25, 0.3) is 0 Å². The molecule has 1 aromatic heterocycles. The third-order valence-electron chi connectivity index (χ3n) is 3.03. The van der Waals surface area contributed by atoms with Gasteiger partial charge in [0.25, 0.3) is 5.91 Å². The molecule has 124 valence electrons. The molecule has 0 fully saturated rings. The summed E-state index contributed by atoms with van der Waals surface area (Å²) in [6, 6.07) is 10.1. The van der Waals surface area contributed by atoms with Crippen LogP contribution in [0.2, 0.25) is 5.02 Å². The van der Waals surface area contributed by atoms with E-state index >= 15 is 0 Å². The molecule has 0 saturated carbocycles. The smallest absolute Gasteiger partial charge is 0.271 e. The van der Waals surface area contributed by atoms with Gasteiger partial charge in [0.05, 0.1) is 6.42 Å². The molecule has 0 aliphatic rings. The highest BCUT2D eigenvalue weighted by atomic mass is 35.5. The van der Waals surface area contributed by atoms with Crippen LogP contribution >= 0.6 is 11.6 Å². The fourth-order valence-electron chi connectivity index (χ4n) is 1.90. The fourth-order valence-corrected chi connectivity index (χ4v) is 2.09. The van der Waals surface area contributed by atoms with Crippen LogP contribution in [0.4, 0.5) is 5.82 Å². The molecule has 7 heteroatoms. The highest BCUT2D eigenvalue weighted by Crippen LogP contribution is 2.10. The van der Waals surface area contributed by atoms with Gasteiger partial charge >= 0.3 is 0 Å². The molecule has 0 aliphatic heterocycles. The van der Waals surface area contributed by atoms with E-state index in [9.17, 15) is 9.59 Å². The first kappa shape index (κ1) is 17.6. The van der Waals surface area contributed by atoms with Crippen LogP contribution in [-0.4, -0.2) is 22.5 Å². The zero-order valence-electron chi connectivity index (χ0n) is 13.3. The molecular weight excluding hydrogens is 328 g/mol. The van der Waals surface area contributed by atoms with Crippen molar-refractivity contribution in [2.45, 2.75) is 20.3 Å². The predicted molar refractivity (Wildman–Crippen MR) is 94.2 cm³/mol. The summed E-state index contributed by atoms with van der Waals surface area (Å²) in [6.45, 7) is 3.57. The number of benzene rings is 1. The fraction of sp³-hybridized carbons (Fsp3) is 0.176. The Hall–Kier alpha value is -2.73. The molecule has 6 nitrogen and oxygen atoms in total. The normalized spacial score (nSPS) is 11.0. The second-order valence-corrected chi connectivity index (χ2v) is 5.68. The van der Waals surface area contributed by atoms with Gasteiger partial charge in [0.1, 0.15) is 5.82 Å². The summed E-state index contributed by atoms with van der Waals surface area (Å²) in [5.74, 6) is -0.167. The maximum absolute atomic E-state index is 11.9. The number of halogens is 1. The number of nitrogens with zero attached hydrogens (tertiary/aromatic N) is 2. The summed E-state index contributed by atoms with van der Waals surface area (Å²) in [4.78, 5) is 27.9. The van der Waals surface area contributed by atoms with Crippen molar-refractivity contribution < 1.29 is 9.59 Å². The van der Waals surface area contributed by atoms with Crippen molar-refractivity contribution in [3.05, 3.63) is 58.7 Å². The molecule has 24 heavy (non-hydrogen) atoms. The van der Waals surface area contributed by atoms with Crippen LogP contribution in [0, 0.1) is 6.92 Å². The minimum absolute atomic E-state index is 0.0471. The molecule has 0 radical (unpaired) electrons. The lowest BCUT2D eigenvalue weighted by molar-refractivity contribution is -0.115. The van der Waals surface area contributed by atoms with Crippen LogP contribution in [0.1, 0.15) is 29.3 Å². The first-order chi connectivity index (χ1) is 11.4. The predicted octanol–water partition coefficient (Wildman–Crippen LogP) is 3.18. The number of hydrazone groups is 1. The van der Waals surface area contributed by atoms with Crippen molar-refractivity contribution in [3.8, 4) is 0 Å². The van der Waals surface area contributed by atoms with Crippen LogP contribution < -0.4 is 10.7 Å². The number of carbonyl (C=O) groups is 2. The molecule has 0 aliphatic carbocycles. The quantitative estimate of drug-likeness (QED) is 0.645. The lowest BCUT2D eigenvalue weighted by Gasteiger charge is -2.05. The van der Waals surface area contributed by atoms with Crippen molar-refractivity contribution in [1.82, 2.24) is 10.4 Å². The van der Waals surface area contributed by atoms with E-state index in [0.717, 1.165) is 5.56 Å². The molecule has 0 spiro atoms. The number of rotatable bonds is 5. The first-order valence-electron chi connectivity index (χ1n) is 7.25. The van der Waals surface area contributed by atoms with Gasteiger partial charge in [0.2, 0.25) is 5.91 Å². The Bertz CT molecular complexity index is 790. The number of pyridine rings is 1. The van der Waals surface area contributed by atoms with Crippen molar-refractivity contribution in [1.29, 1.82) is 0 Å². The molecule has 0 bridgehead atoms. The van der Waals surface area contributed by atoms with Crippen molar-refractivity contribution in [2.24, 2.45) is 5.10 Å². The Kier molecular flexibility index (Phi) is 6.03. The number of aryl methyl sites for hydroxylation is 1. The Balaban J connectivity index is 1.89. The van der Waals surface area contributed by atoms with Crippen molar-refractivity contribution >= 4 is 34.9 Å². The van der Waals surface area contributed by atoms with E-state index < -0.39 is 5.91 Å². The SMILES string of the molecule is C/C(CC(=O)Nc1cc(C)ccn1)=N/NC(=O)c1cccc(Cl)c1. The lowest BCUT2D eigenvalue weighted by atomic mass is 10.2. The van der Waals surface area contributed by atoms with Gasteiger partial charge in [-0.25, -0.2) is 10.4 Å². The molecule has 2 aromatic rings. The highest BCUT2D eigenvalue weighted by Gasteiger charge is 2.08. The van der Waals surface area contributed by atoms with E-state index in [1.54, 1.807) is 37.4 Å². The van der Waals surface area contributed by atoms with Crippen LogP contribution in [0.15, 0.2) is 47.7 Å². The summed E-state index contributed by atoms with van der Waals surface area (Å²) in [5.41, 5.74) is 4.26. The van der Waals surface area contributed by atoms with Crippen molar-refractivity contribution in [3.63, 3.8) is 0 Å². The summed E-state index contributed by atoms with van der Waals surface area (Å²) in [6.07, 6.45) is 1.67. The van der Waals surface area contributed by atoms with E-state index in [1.165, 1.54) is 6.07 Å². The Morgan fingerprint density at radius 1 is 1.25 bits per heavy atom. The largest absolute Gasteiger partial charge is 0.310 e. The summed E-state index contributed by atoms with van der Waals surface area (Å²) < 4.78 is 0. The average Bonchev–Trinajstić information content (AvgIpc) is 2.52.